The van der Waals surface area contributed by atoms with E-state index in [9.17, 15) is 19.2 Å². The summed E-state index contributed by atoms with van der Waals surface area (Å²) in [5.41, 5.74) is 2.17. The SMILES string of the molecule is COC(=O)c1ccc(NC(=O)c2cc(OC)c(Cl)c(OC(C)C)c2)cc1.COc1cc(C(=O)Nc2ccc(C(=O)O)cc2)cc(OC(C)C)c1Cl.[Li+].[OH-]. The summed E-state index contributed by atoms with van der Waals surface area (Å²) in [5.74, 6) is -0.848. The van der Waals surface area contributed by atoms with E-state index in [1.165, 1.54) is 63.8 Å². The zero-order valence-electron chi connectivity index (χ0n) is 30.4. The molecule has 0 aliphatic heterocycles. The standard InChI is InChI=1S/C19H20ClNO5.C18H18ClNO5.Li.H2O/c1-11(2)26-16-10-13(9-15(24-3)17(16)20)18(22)21-14-7-5-12(6-8-14)19(23)25-4;1-10(2)25-15-9-12(8-14(24-3)16(15)19)17(21)20-13-6-4-11(5-7-13)18(22)23;;/h5-11H,1-4H3,(H,21,22);4-10H,1-3H3,(H,20,21)(H,22,23);;1H2/q;;+1;/p-1. The fourth-order valence-electron chi connectivity index (χ4n) is 4.29. The molecule has 0 radical (unpaired) electrons. The van der Waals surface area contributed by atoms with Gasteiger partial charge in [-0.3, -0.25) is 9.59 Å². The van der Waals surface area contributed by atoms with Crippen molar-refractivity contribution in [3.05, 3.63) is 105 Å². The van der Waals surface area contributed by atoms with Gasteiger partial charge >= 0.3 is 30.8 Å². The molecule has 53 heavy (non-hydrogen) atoms. The maximum Gasteiger partial charge on any atom is 1.00 e. The van der Waals surface area contributed by atoms with Gasteiger partial charge in [-0.15, -0.1) is 0 Å². The van der Waals surface area contributed by atoms with Crippen LogP contribution in [0, 0.1) is 0 Å². The number of aromatic carboxylic acids is 1. The molecule has 0 aliphatic carbocycles. The minimum atomic E-state index is -1.03. The van der Waals surface area contributed by atoms with Gasteiger partial charge in [-0.25, -0.2) is 9.59 Å². The summed E-state index contributed by atoms with van der Waals surface area (Å²) in [6.45, 7) is 7.41. The number of carbonyl (C=O) groups is 4. The van der Waals surface area contributed by atoms with Crippen molar-refractivity contribution >= 4 is 58.3 Å². The second-order valence-electron chi connectivity index (χ2n) is 11.2. The van der Waals surface area contributed by atoms with Crippen LogP contribution in [-0.2, 0) is 4.74 Å². The minimum Gasteiger partial charge on any atom is -0.870 e. The fourth-order valence-corrected chi connectivity index (χ4v) is 4.75. The van der Waals surface area contributed by atoms with Gasteiger partial charge in [-0.1, -0.05) is 23.2 Å². The van der Waals surface area contributed by atoms with Crippen molar-refractivity contribution in [2.45, 2.75) is 39.9 Å². The third kappa shape index (κ3) is 13.2. The van der Waals surface area contributed by atoms with Gasteiger partial charge in [-0.2, -0.15) is 0 Å². The van der Waals surface area contributed by atoms with E-state index < -0.39 is 17.8 Å². The Balaban J connectivity index is 0.000000511. The summed E-state index contributed by atoms with van der Waals surface area (Å²) >= 11 is 12.4. The molecule has 0 saturated heterocycles. The van der Waals surface area contributed by atoms with Crippen molar-refractivity contribution < 1.29 is 72.3 Å². The molecule has 0 bridgehead atoms. The van der Waals surface area contributed by atoms with Crippen LogP contribution in [0.25, 0.3) is 0 Å². The van der Waals surface area contributed by atoms with Gasteiger partial charge in [0.15, 0.2) is 0 Å². The molecular formula is C37H39Cl2LiN2O11. The number of rotatable bonds is 12. The number of anilines is 2. The summed E-state index contributed by atoms with van der Waals surface area (Å²) < 4.78 is 26.3. The van der Waals surface area contributed by atoms with Gasteiger partial charge in [0.2, 0.25) is 0 Å². The molecule has 4 rings (SSSR count). The zero-order valence-corrected chi connectivity index (χ0v) is 31.9. The molecule has 2 amide bonds. The predicted molar refractivity (Wildman–Crippen MR) is 197 cm³/mol. The van der Waals surface area contributed by atoms with Gasteiger partial charge in [0.05, 0.1) is 44.7 Å². The third-order valence-electron chi connectivity index (χ3n) is 6.65. The van der Waals surface area contributed by atoms with Crippen LogP contribution in [0.5, 0.6) is 23.0 Å². The Morgan fingerprint density at radius 2 is 0.925 bits per heavy atom. The number of hydrogen-bond donors (Lipinski definition) is 3. The van der Waals surface area contributed by atoms with Crippen LogP contribution in [0.15, 0.2) is 72.8 Å². The number of ether oxygens (including phenoxy) is 5. The average molecular weight is 766 g/mol. The van der Waals surface area contributed by atoms with Crippen LogP contribution < -0.4 is 48.4 Å². The van der Waals surface area contributed by atoms with Crippen molar-refractivity contribution in [2.24, 2.45) is 0 Å². The van der Waals surface area contributed by atoms with Crippen LogP contribution >= 0.6 is 23.2 Å². The van der Waals surface area contributed by atoms with Gasteiger partial charge in [0.25, 0.3) is 11.8 Å². The third-order valence-corrected chi connectivity index (χ3v) is 7.40. The van der Waals surface area contributed by atoms with Gasteiger partial charge in [-0.05, 0) is 100 Å². The van der Waals surface area contributed by atoms with Crippen molar-refractivity contribution in [2.75, 3.05) is 32.0 Å². The Bertz CT molecular complexity index is 1870. The summed E-state index contributed by atoms with van der Waals surface area (Å²) in [6, 6.07) is 18.3. The molecule has 0 heterocycles. The maximum atomic E-state index is 12.5. The predicted octanol–water partition coefficient (Wildman–Crippen LogP) is 5.09. The number of carbonyl (C=O) groups excluding carboxylic acids is 3. The van der Waals surface area contributed by atoms with E-state index in [4.69, 9.17) is 47.3 Å². The first-order valence-corrected chi connectivity index (χ1v) is 16.2. The molecule has 0 aliphatic rings. The van der Waals surface area contributed by atoms with Crippen LogP contribution in [0.1, 0.15) is 69.1 Å². The van der Waals surface area contributed by atoms with Crippen molar-refractivity contribution in [1.29, 1.82) is 0 Å². The van der Waals surface area contributed by atoms with E-state index in [-0.39, 0.29) is 48.0 Å². The molecule has 0 spiro atoms. The molecule has 0 atom stereocenters. The quantitative estimate of drug-likeness (QED) is 0.129. The van der Waals surface area contributed by atoms with Crippen LogP contribution in [0.3, 0.4) is 0 Å². The Morgan fingerprint density at radius 3 is 1.23 bits per heavy atom. The summed E-state index contributed by atoms with van der Waals surface area (Å²) in [6.07, 6.45) is -0.231. The van der Waals surface area contributed by atoms with Crippen LogP contribution in [0.2, 0.25) is 10.0 Å². The Morgan fingerprint density at radius 1 is 0.585 bits per heavy atom. The van der Waals surface area contributed by atoms with Crippen molar-refractivity contribution in [1.82, 2.24) is 0 Å². The van der Waals surface area contributed by atoms with Gasteiger partial charge in [0.1, 0.15) is 33.0 Å². The average Bonchev–Trinajstić information content (AvgIpc) is 3.10. The molecule has 0 aromatic heterocycles. The smallest absolute Gasteiger partial charge is 0.870 e. The Hall–Kier alpha value is -4.90. The summed E-state index contributed by atoms with van der Waals surface area (Å²) in [4.78, 5) is 47.3. The molecule has 278 valence electrons. The molecule has 13 nitrogen and oxygen atoms in total. The number of halogens is 2. The molecule has 0 fully saturated rings. The zero-order chi connectivity index (χ0) is 37.8. The number of amides is 2. The van der Waals surface area contributed by atoms with E-state index >= 15 is 0 Å². The van der Waals surface area contributed by atoms with E-state index in [2.05, 4.69) is 15.4 Å². The Kier molecular flexibility index (Phi) is 18.8. The summed E-state index contributed by atoms with van der Waals surface area (Å²) in [5, 5.41) is 14.9. The first kappa shape index (κ1) is 46.1. The number of hydrogen-bond acceptors (Lipinski definition) is 10. The first-order chi connectivity index (χ1) is 24.2. The van der Waals surface area contributed by atoms with E-state index in [1.54, 1.807) is 30.3 Å². The molecule has 16 heteroatoms. The molecule has 4 aromatic carbocycles. The van der Waals surface area contributed by atoms with Crippen molar-refractivity contribution in [3.8, 4) is 23.0 Å². The molecule has 4 aromatic rings. The van der Waals surface area contributed by atoms with E-state index in [1.807, 2.05) is 27.7 Å². The molecule has 0 unspecified atom stereocenters. The second kappa shape index (κ2) is 21.6. The van der Waals surface area contributed by atoms with Gasteiger partial charge < -0.3 is 44.9 Å². The van der Waals surface area contributed by atoms with E-state index in [0.717, 1.165) is 0 Å². The number of carboxylic acid groups (broad SMARTS) is 1. The monoisotopic (exact) mass is 764 g/mol. The molecule has 4 N–H and O–H groups in total. The second-order valence-corrected chi connectivity index (χ2v) is 11.9. The minimum absolute atomic E-state index is 0. The largest absolute Gasteiger partial charge is 1.00 e. The Labute approximate surface area is 329 Å². The fraction of sp³-hybridized carbons (Fsp3) is 0.243. The van der Waals surface area contributed by atoms with Crippen LogP contribution in [-0.4, -0.2) is 67.9 Å². The number of methoxy groups -OCH3 is 3. The topological polar surface area (TPSA) is 189 Å². The molecule has 0 saturated carbocycles. The maximum absolute atomic E-state index is 12.5. The van der Waals surface area contributed by atoms with Gasteiger partial charge in [0, 0.05) is 22.5 Å². The van der Waals surface area contributed by atoms with Crippen molar-refractivity contribution in [3.63, 3.8) is 0 Å². The number of esters is 1. The first-order valence-electron chi connectivity index (χ1n) is 15.4. The molecular weight excluding hydrogens is 726 g/mol. The number of benzene rings is 4. The number of carboxylic acids is 1. The van der Waals surface area contributed by atoms with E-state index in [0.29, 0.717) is 61.1 Å². The van der Waals surface area contributed by atoms with Crippen LogP contribution in [0.4, 0.5) is 11.4 Å². The summed E-state index contributed by atoms with van der Waals surface area (Å²) in [7, 11) is 4.23. The normalized spacial score (nSPS) is 10.0. The number of nitrogens with one attached hydrogen (secondary N) is 2.